The van der Waals surface area contributed by atoms with E-state index >= 15 is 0 Å². The van der Waals surface area contributed by atoms with Crippen molar-refractivity contribution in [2.45, 2.75) is 26.5 Å². The highest BCUT2D eigenvalue weighted by atomic mass is 35.5. The number of pyridine rings is 1. The summed E-state index contributed by atoms with van der Waals surface area (Å²) in [6.45, 7) is 2.73. The smallest absolute Gasteiger partial charge is 0.335 e. The number of carbonyl (C=O) groups is 1. The maximum Gasteiger partial charge on any atom is 0.335 e. The van der Waals surface area contributed by atoms with Crippen LogP contribution in [-0.4, -0.2) is 22.2 Å². The lowest BCUT2D eigenvalue weighted by Gasteiger charge is -2.17. The van der Waals surface area contributed by atoms with Gasteiger partial charge in [-0.1, -0.05) is 47.5 Å². The van der Waals surface area contributed by atoms with Gasteiger partial charge in [-0.05, 0) is 49.2 Å². The van der Waals surface area contributed by atoms with Crippen LogP contribution in [0.15, 0.2) is 59.4 Å². The molecule has 0 radical (unpaired) electrons. The molecule has 0 bridgehead atoms. The van der Waals surface area contributed by atoms with Crippen molar-refractivity contribution in [3.05, 3.63) is 91.8 Å². The van der Waals surface area contributed by atoms with Crippen LogP contribution in [0.25, 0.3) is 0 Å². The first kappa shape index (κ1) is 22.7. The fourth-order valence-electron chi connectivity index (χ4n) is 3.07. The molecule has 1 heterocycles. The number of hydrogen-bond donors (Lipinski definition) is 1. The first-order valence-electron chi connectivity index (χ1n) is 9.65. The third-order valence-electron chi connectivity index (χ3n) is 4.64. The second-order valence-corrected chi connectivity index (χ2v) is 7.48. The van der Waals surface area contributed by atoms with Crippen LogP contribution in [0, 0.1) is 0 Å². The van der Waals surface area contributed by atoms with E-state index in [4.69, 9.17) is 37.8 Å². The van der Waals surface area contributed by atoms with Crippen LogP contribution in [0.2, 0.25) is 10.0 Å². The van der Waals surface area contributed by atoms with Gasteiger partial charge in [-0.25, -0.2) is 4.79 Å². The summed E-state index contributed by atoms with van der Waals surface area (Å²) in [6.07, 6.45) is 0.485. The topological polar surface area (TPSA) is 77.8 Å². The number of carboxylic acid groups (broad SMARTS) is 1. The van der Waals surface area contributed by atoms with Crippen molar-refractivity contribution in [3.63, 3.8) is 0 Å². The predicted molar refractivity (Wildman–Crippen MR) is 120 cm³/mol. The molecule has 162 valence electrons. The highest BCUT2D eigenvalue weighted by Crippen LogP contribution is 2.28. The van der Waals surface area contributed by atoms with E-state index in [1.807, 2.05) is 19.1 Å². The Hall–Kier alpha value is -2.96. The number of rotatable bonds is 9. The summed E-state index contributed by atoms with van der Waals surface area (Å²) >= 11 is 12.5. The van der Waals surface area contributed by atoms with Crippen molar-refractivity contribution in [1.29, 1.82) is 0 Å². The van der Waals surface area contributed by atoms with E-state index in [0.29, 0.717) is 41.8 Å². The molecule has 0 aliphatic heterocycles. The minimum absolute atomic E-state index is 0.0182. The van der Waals surface area contributed by atoms with Gasteiger partial charge >= 0.3 is 5.97 Å². The highest BCUT2D eigenvalue weighted by molar-refractivity contribution is 6.34. The zero-order chi connectivity index (χ0) is 22.4. The van der Waals surface area contributed by atoms with Crippen molar-refractivity contribution in [1.82, 2.24) is 4.57 Å². The molecule has 0 spiro atoms. The van der Waals surface area contributed by atoms with Crippen LogP contribution >= 0.6 is 23.2 Å². The van der Waals surface area contributed by atoms with Crippen LogP contribution in [0.5, 0.6) is 11.5 Å². The largest absolute Gasteiger partial charge is 0.490 e. The maximum atomic E-state index is 12.7. The van der Waals surface area contributed by atoms with Gasteiger partial charge in [-0.3, -0.25) is 4.79 Å². The van der Waals surface area contributed by atoms with Gasteiger partial charge in [-0.2, -0.15) is 0 Å². The number of aryl methyl sites for hydroxylation is 1. The highest BCUT2D eigenvalue weighted by Gasteiger charge is 2.15. The van der Waals surface area contributed by atoms with Crippen molar-refractivity contribution in [2.24, 2.45) is 0 Å². The molecule has 0 fully saturated rings. The molecule has 0 amide bonds. The molecule has 31 heavy (non-hydrogen) atoms. The minimum Gasteiger partial charge on any atom is -0.490 e. The second-order valence-electron chi connectivity index (χ2n) is 6.66. The summed E-state index contributed by atoms with van der Waals surface area (Å²) in [6, 6.07) is 15.2. The second kappa shape index (κ2) is 10.4. The number of aromatic nitrogens is 1. The van der Waals surface area contributed by atoms with Gasteiger partial charge in [0.05, 0.1) is 22.9 Å². The fraction of sp³-hybridized carbons (Fsp3) is 0.217. The quantitative estimate of drug-likeness (QED) is 0.480. The van der Waals surface area contributed by atoms with E-state index in [1.165, 1.54) is 22.8 Å². The van der Waals surface area contributed by atoms with E-state index < -0.39 is 5.97 Å². The average molecular weight is 462 g/mol. The third kappa shape index (κ3) is 5.60. The first-order chi connectivity index (χ1) is 14.9. The Morgan fingerprint density at radius 1 is 1.00 bits per heavy atom. The Morgan fingerprint density at radius 3 is 2.26 bits per heavy atom. The Kier molecular flexibility index (Phi) is 7.60. The van der Waals surface area contributed by atoms with Crippen LogP contribution in [0.1, 0.15) is 28.5 Å². The van der Waals surface area contributed by atoms with Gasteiger partial charge in [0.2, 0.25) is 0 Å². The summed E-state index contributed by atoms with van der Waals surface area (Å²) in [5, 5.41) is 9.36. The van der Waals surface area contributed by atoms with E-state index in [9.17, 15) is 9.59 Å². The Labute approximate surface area is 189 Å². The molecule has 6 nitrogen and oxygen atoms in total. The first-order valence-corrected chi connectivity index (χ1v) is 10.4. The molecule has 3 rings (SSSR count). The Bertz CT molecular complexity index is 1130. The molecular formula is C23H21Cl2NO5. The number of hydrogen-bond acceptors (Lipinski definition) is 4. The summed E-state index contributed by atoms with van der Waals surface area (Å²) < 4.78 is 13.0. The van der Waals surface area contributed by atoms with Crippen LogP contribution < -0.4 is 15.0 Å². The van der Waals surface area contributed by atoms with Crippen molar-refractivity contribution in [3.8, 4) is 11.5 Å². The van der Waals surface area contributed by atoms with Gasteiger partial charge < -0.3 is 19.1 Å². The van der Waals surface area contributed by atoms with Gasteiger partial charge in [0.25, 0.3) is 5.56 Å². The molecule has 0 unspecified atom stereocenters. The van der Waals surface area contributed by atoms with E-state index in [2.05, 4.69) is 0 Å². The lowest BCUT2D eigenvalue weighted by Crippen LogP contribution is -2.26. The monoisotopic (exact) mass is 461 g/mol. The van der Waals surface area contributed by atoms with Gasteiger partial charge in [0.1, 0.15) is 11.6 Å². The summed E-state index contributed by atoms with van der Waals surface area (Å²) in [7, 11) is 0. The maximum absolute atomic E-state index is 12.7. The van der Waals surface area contributed by atoms with E-state index in [1.54, 1.807) is 24.3 Å². The summed E-state index contributed by atoms with van der Waals surface area (Å²) in [5.41, 5.74) is 1.20. The van der Waals surface area contributed by atoms with E-state index in [-0.39, 0.29) is 22.8 Å². The summed E-state index contributed by atoms with van der Waals surface area (Å²) in [5.74, 6) is 0.150. The SMILES string of the molecule is CCOc1ccccc1OCc1c(Cl)cc(Cl)c(=O)n1CCc1ccc(C(=O)O)cc1. The number of aromatic carboxylic acids is 1. The molecule has 1 aromatic heterocycles. The fourth-order valence-corrected chi connectivity index (χ4v) is 3.60. The zero-order valence-electron chi connectivity index (χ0n) is 16.8. The number of ether oxygens (including phenoxy) is 2. The number of benzene rings is 2. The molecule has 2 aromatic carbocycles. The molecule has 0 saturated heterocycles. The zero-order valence-corrected chi connectivity index (χ0v) is 18.3. The average Bonchev–Trinajstić information content (AvgIpc) is 2.76. The molecule has 3 aromatic rings. The van der Waals surface area contributed by atoms with Crippen molar-refractivity contribution >= 4 is 29.2 Å². The van der Waals surface area contributed by atoms with Gasteiger partial charge in [0, 0.05) is 6.54 Å². The molecule has 8 heteroatoms. The number of carboxylic acids is 1. The third-order valence-corrected chi connectivity index (χ3v) is 5.24. The van der Waals surface area contributed by atoms with Gasteiger partial charge in [0.15, 0.2) is 11.5 Å². The Balaban J connectivity index is 1.83. The number of halogens is 2. The molecule has 0 atom stereocenters. The molecule has 0 aliphatic rings. The molecular weight excluding hydrogens is 441 g/mol. The predicted octanol–water partition coefficient (Wildman–Crippen LogP) is 5.07. The van der Waals surface area contributed by atoms with Gasteiger partial charge in [-0.15, -0.1) is 0 Å². The van der Waals surface area contributed by atoms with Crippen LogP contribution in [0.4, 0.5) is 0 Å². The lowest BCUT2D eigenvalue weighted by atomic mass is 10.1. The minimum atomic E-state index is -0.990. The van der Waals surface area contributed by atoms with E-state index in [0.717, 1.165) is 5.56 Å². The number of para-hydroxylation sites is 2. The molecule has 1 N–H and O–H groups in total. The molecule has 0 saturated carbocycles. The van der Waals surface area contributed by atoms with Crippen molar-refractivity contribution < 1.29 is 19.4 Å². The molecule has 0 aliphatic carbocycles. The number of nitrogens with zero attached hydrogens (tertiary/aromatic N) is 1. The lowest BCUT2D eigenvalue weighted by molar-refractivity contribution is 0.0697. The standard InChI is InChI=1S/C23H21Cl2NO5/c1-2-30-20-5-3-4-6-21(20)31-14-19-17(24)13-18(25)22(27)26(19)12-11-15-7-9-16(10-8-15)23(28)29/h3-10,13H,2,11-12,14H2,1H3,(H,28,29). The van der Waals surface area contributed by atoms with Crippen LogP contribution in [-0.2, 0) is 19.6 Å². The normalized spacial score (nSPS) is 10.7. The Morgan fingerprint density at radius 2 is 1.65 bits per heavy atom. The van der Waals surface area contributed by atoms with Crippen LogP contribution in [0.3, 0.4) is 0 Å². The van der Waals surface area contributed by atoms with Crippen molar-refractivity contribution in [2.75, 3.05) is 6.61 Å². The summed E-state index contributed by atoms with van der Waals surface area (Å²) in [4.78, 5) is 23.7.